The Morgan fingerprint density at radius 1 is 0.828 bits per heavy atom. The largest absolute Gasteiger partial charge is 0.446 e. The van der Waals surface area contributed by atoms with Crippen molar-refractivity contribution in [3.8, 4) is 0 Å². The van der Waals surface area contributed by atoms with Crippen LogP contribution in [0.4, 0.5) is 39.5 Å². The summed E-state index contributed by atoms with van der Waals surface area (Å²) < 4.78 is 112. The fourth-order valence-electron chi connectivity index (χ4n) is 2.75. The molecule has 0 bridgehead atoms. The number of aromatic nitrogens is 1. The Hall–Kier alpha value is -1.56. The number of nitrogens with zero attached hydrogens (tertiary/aromatic N) is 1. The highest BCUT2D eigenvalue weighted by molar-refractivity contribution is 8.00. The molecule has 0 radical (unpaired) electrons. The number of alkyl halides is 9. The van der Waals surface area contributed by atoms with Gasteiger partial charge in [0.1, 0.15) is 0 Å². The molecule has 1 N–H and O–H groups in total. The van der Waals surface area contributed by atoms with Crippen LogP contribution in [0.25, 0.3) is 10.9 Å². The lowest BCUT2D eigenvalue weighted by Crippen LogP contribution is -2.33. The van der Waals surface area contributed by atoms with Crippen molar-refractivity contribution < 1.29 is 39.5 Å². The summed E-state index contributed by atoms with van der Waals surface area (Å²) in [6, 6.07) is 4.02. The SMILES string of the molecule is FC(F)(F)CCN(CCc1c[nH]c2ccc(SC(F)(F)F)cc12)CCC(F)(F)F. The third-order valence-electron chi connectivity index (χ3n) is 4.09. The monoisotopic (exact) mass is 452 g/mol. The molecule has 29 heavy (non-hydrogen) atoms. The van der Waals surface area contributed by atoms with E-state index in [0.29, 0.717) is 16.5 Å². The highest BCUT2D eigenvalue weighted by Crippen LogP contribution is 2.38. The zero-order valence-electron chi connectivity index (χ0n) is 14.8. The quantitative estimate of drug-likeness (QED) is 0.363. The molecule has 1 aromatic carbocycles. The van der Waals surface area contributed by atoms with E-state index in [4.69, 9.17) is 0 Å². The Bertz CT molecular complexity index is 775. The number of hydrogen-bond acceptors (Lipinski definition) is 2. The van der Waals surface area contributed by atoms with E-state index in [1.165, 1.54) is 24.4 Å². The van der Waals surface area contributed by atoms with Crippen LogP contribution in [-0.2, 0) is 6.42 Å². The summed E-state index contributed by atoms with van der Waals surface area (Å²) in [5.74, 6) is 0. The van der Waals surface area contributed by atoms with Crippen LogP contribution >= 0.6 is 11.8 Å². The first-order valence-corrected chi connectivity index (χ1v) is 9.25. The van der Waals surface area contributed by atoms with Crippen molar-refractivity contribution in [3.05, 3.63) is 30.0 Å². The van der Waals surface area contributed by atoms with Gasteiger partial charge in [-0.15, -0.1) is 0 Å². The van der Waals surface area contributed by atoms with Crippen LogP contribution in [0.1, 0.15) is 18.4 Å². The van der Waals surface area contributed by atoms with Gasteiger partial charge < -0.3 is 9.88 Å². The first kappa shape index (κ1) is 23.7. The standard InChI is InChI=1S/C17H17F9N2S/c18-15(19,20)4-7-28(8-5-16(21,22)23)6-3-11-10-27-14-2-1-12(9-13(11)14)29-17(24,25)26/h1-2,9-10,27H,3-8H2. The zero-order valence-corrected chi connectivity index (χ0v) is 15.6. The smallest absolute Gasteiger partial charge is 0.361 e. The number of rotatable bonds is 8. The van der Waals surface area contributed by atoms with Gasteiger partial charge >= 0.3 is 17.9 Å². The van der Waals surface area contributed by atoms with E-state index in [0.717, 1.165) is 4.90 Å². The van der Waals surface area contributed by atoms with E-state index in [2.05, 4.69) is 4.98 Å². The maximum Gasteiger partial charge on any atom is 0.446 e. The molecule has 2 rings (SSSR count). The first-order chi connectivity index (χ1) is 13.2. The number of nitrogens with one attached hydrogen (secondary N) is 1. The van der Waals surface area contributed by atoms with Crippen LogP contribution in [0.15, 0.2) is 29.3 Å². The van der Waals surface area contributed by atoms with Crippen LogP contribution < -0.4 is 0 Å². The van der Waals surface area contributed by atoms with Crippen molar-refractivity contribution in [2.24, 2.45) is 0 Å². The summed E-state index contributed by atoms with van der Waals surface area (Å²) in [5, 5.41) is 0.450. The van der Waals surface area contributed by atoms with Crippen LogP contribution in [0.3, 0.4) is 0 Å². The summed E-state index contributed by atoms with van der Waals surface area (Å²) >= 11 is -0.301. The van der Waals surface area contributed by atoms with Gasteiger partial charge in [-0.2, -0.15) is 39.5 Å². The molecule has 0 unspecified atom stereocenters. The normalized spacial score (nSPS) is 13.6. The molecule has 1 aromatic heterocycles. The highest BCUT2D eigenvalue weighted by Gasteiger charge is 2.31. The maximum atomic E-state index is 12.5. The molecule has 0 saturated carbocycles. The van der Waals surface area contributed by atoms with Crippen molar-refractivity contribution in [2.45, 2.75) is 42.0 Å². The van der Waals surface area contributed by atoms with Crippen LogP contribution in [0, 0.1) is 0 Å². The lowest BCUT2D eigenvalue weighted by atomic mass is 10.1. The molecule has 0 saturated heterocycles. The van der Waals surface area contributed by atoms with Gasteiger partial charge in [0, 0.05) is 41.6 Å². The Balaban J connectivity index is 2.10. The Morgan fingerprint density at radius 2 is 1.41 bits per heavy atom. The average Bonchev–Trinajstić information content (AvgIpc) is 2.93. The van der Waals surface area contributed by atoms with E-state index >= 15 is 0 Å². The van der Waals surface area contributed by atoms with Gasteiger partial charge in [-0.25, -0.2) is 0 Å². The summed E-state index contributed by atoms with van der Waals surface area (Å²) in [5.41, 5.74) is -3.42. The van der Waals surface area contributed by atoms with Gasteiger partial charge in [0.25, 0.3) is 0 Å². The van der Waals surface area contributed by atoms with Gasteiger partial charge in [-0.1, -0.05) is 0 Å². The van der Waals surface area contributed by atoms with Gasteiger partial charge in [-0.3, -0.25) is 0 Å². The Kier molecular flexibility index (Phi) is 7.42. The summed E-state index contributed by atoms with van der Waals surface area (Å²) in [4.78, 5) is 3.85. The van der Waals surface area contributed by atoms with Crippen LogP contribution in [0.2, 0.25) is 0 Å². The molecule has 2 nitrogen and oxygen atoms in total. The van der Waals surface area contributed by atoms with Gasteiger partial charge in [0.2, 0.25) is 0 Å². The lowest BCUT2D eigenvalue weighted by Gasteiger charge is -2.23. The van der Waals surface area contributed by atoms with E-state index in [-0.39, 0.29) is 29.6 Å². The Morgan fingerprint density at radius 3 is 1.93 bits per heavy atom. The van der Waals surface area contributed by atoms with Crippen LogP contribution in [-0.4, -0.2) is 47.4 Å². The minimum atomic E-state index is -4.50. The summed E-state index contributed by atoms with van der Waals surface area (Å²) in [6.07, 6.45) is -9.90. The van der Waals surface area contributed by atoms with E-state index in [9.17, 15) is 39.5 Å². The second-order valence-corrected chi connectivity index (χ2v) is 7.53. The molecule has 12 heteroatoms. The van der Waals surface area contributed by atoms with Gasteiger partial charge in [-0.05, 0) is 41.9 Å². The molecule has 1 heterocycles. The third-order valence-corrected chi connectivity index (χ3v) is 4.81. The molecule has 0 aliphatic rings. The highest BCUT2D eigenvalue weighted by atomic mass is 32.2. The zero-order chi connectivity index (χ0) is 21.9. The number of aromatic amines is 1. The molecular formula is C17H17F9N2S. The number of halogens is 9. The molecule has 0 spiro atoms. The van der Waals surface area contributed by atoms with Gasteiger partial charge in [0.15, 0.2) is 0 Å². The minimum absolute atomic E-state index is 0.0585. The minimum Gasteiger partial charge on any atom is -0.361 e. The number of fused-ring (bicyclic) bond motifs is 1. The molecule has 0 fully saturated rings. The fraction of sp³-hybridized carbons (Fsp3) is 0.529. The van der Waals surface area contributed by atoms with Crippen molar-refractivity contribution in [1.29, 1.82) is 0 Å². The van der Waals surface area contributed by atoms with Crippen molar-refractivity contribution in [2.75, 3.05) is 19.6 Å². The second kappa shape index (κ2) is 9.07. The molecule has 0 amide bonds. The van der Waals surface area contributed by atoms with Crippen molar-refractivity contribution >= 4 is 22.7 Å². The molecule has 2 aromatic rings. The Labute approximate surface area is 164 Å². The van der Waals surface area contributed by atoms with E-state index in [1.807, 2.05) is 0 Å². The fourth-order valence-corrected chi connectivity index (χ4v) is 3.33. The molecule has 164 valence electrons. The molecule has 0 atom stereocenters. The summed E-state index contributed by atoms with van der Waals surface area (Å²) in [7, 11) is 0. The van der Waals surface area contributed by atoms with E-state index < -0.39 is 43.8 Å². The predicted molar refractivity (Wildman–Crippen MR) is 91.7 cm³/mol. The number of benzene rings is 1. The average molecular weight is 452 g/mol. The second-order valence-electron chi connectivity index (χ2n) is 6.39. The topological polar surface area (TPSA) is 19.0 Å². The maximum absolute atomic E-state index is 12.5. The first-order valence-electron chi connectivity index (χ1n) is 8.43. The van der Waals surface area contributed by atoms with Crippen molar-refractivity contribution in [3.63, 3.8) is 0 Å². The molecule has 0 aliphatic carbocycles. The molecule has 0 aliphatic heterocycles. The lowest BCUT2D eigenvalue weighted by molar-refractivity contribution is -0.145. The van der Waals surface area contributed by atoms with Crippen molar-refractivity contribution in [1.82, 2.24) is 9.88 Å². The molecular weight excluding hydrogens is 435 g/mol. The third kappa shape index (κ3) is 8.77. The van der Waals surface area contributed by atoms with E-state index in [1.54, 1.807) is 0 Å². The van der Waals surface area contributed by atoms with Crippen LogP contribution in [0.5, 0.6) is 0 Å². The number of H-pyrrole nitrogens is 1. The number of hydrogen-bond donors (Lipinski definition) is 1. The summed E-state index contributed by atoms with van der Waals surface area (Å²) in [6.45, 7) is -1.26. The number of thioether (sulfide) groups is 1. The van der Waals surface area contributed by atoms with Gasteiger partial charge in [0.05, 0.1) is 12.8 Å². The predicted octanol–water partition coefficient (Wildman–Crippen LogP) is 6.53.